The highest BCUT2D eigenvalue weighted by molar-refractivity contribution is 5.56. The molecule has 3 aliphatic heterocycles. The van der Waals surface area contributed by atoms with Crippen molar-refractivity contribution in [3.05, 3.63) is 94.0 Å². The molecule has 8 nitrogen and oxygen atoms in total. The second-order valence-corrected chi connectivity index (χ2v) is 12.1. The molecule has 0 amide bonds. The van der Waals surface area contributed by atoms with Crippen molar-refractivity contribution in [2.75, 3.05) is 41.4 Å². The molecule has 3 aliphatic rings. The molecule has 4 aromatic carbocycles. The summed E-state index contributed by atoms with van der Waals surface area (Å²) in [7, 11) is 7.55. The van der Waals surface area contributed by atoms with Crippen molar-refractivity contribution in [2.24, 2.45) is 0 Å². The molecule has 0 spiro atoms. The van der Waals surface area contributed by atoms with Gasteiger partial charge >= 0.3 is 0 Å². The zero-order valence-electron chi connectivity index (χ0n) is 26.0. The van der Waals surface area contributed by atoms with Gasteiger partial charge in [-0.05, 0) is 122 Å². The average molecular weight is 630 g/mol. The van der Waals surface area contributed by atoms with Crippen LogP contribution in [0.15, 0.2) is 60.7 Å². The minimum absolute atomic E-state index is 0. The van der Waals surface area contributed by atoms with Gasteiger partial charge in [0.05, 0.1) is 14.2 Å². The fourth-order valence-corrected chi connectivity index (χ4v) is 6.90. The van der Waals surface area contributed by atoms with E-state index in [-0.39, 0.29) is 36.0 Å². The van der Waals surface area contributed by atoms with Crippen molar-refractivity contribution in [1.29, 1.82) is 0 Å². The molecule has 8 bridgehead atoms. The summed E-state index contributed by atoms with van der Waals surface area (Å²) in [5, 5.41) is 21.8. The van der Waals surface area contributed by atoms with Crippen molar-refractivity contribution >= 4 is 0 Å². The molecule has 0 unspecified atom stereocenters. The number of phenols is 2. The van der Waals surface area contributed by atoms with Crippen LogP contribution < -0.4 is 31.4 Å². The molecular weight excluding hydrogens is 592 g/mol. The molecule has 0 fully saturated rings. The Hall–Kier alpha value is -4.11. The highest BCUT2D eigenvalue weighted by atomic mass is 35.5. The van der Waals surface area contributed by atoms with Crippen molar-refractivity contribution in [2.45, 2.75) is 37.8 Å². The van der Waals surface area contributed by atoms with E-state index in [0.29, 0.717) is 47.3 Å². The van der Waals surface area contributed by atoms with E-state index < -0.39 is 0 Å². The molecule has 0 aromatic heterocycles. The third kappa shape index (κ3) is 5.74. The van der Waals surface area contributed by atoms with Crippen LogP contribution in [0.25, 0.3) is 0 Å². The minimum Gasteiger partial charge on any atom is -1.00 e. The summed E-state index contributed by atoms with van der Waals surface area (Å²) in [4.78, 5) is 4.68. The number of rotatable bonds is 2. The zero-order valence-corrected chi connectivity index (χ0v) is 26.7. The summed E-state index contributed by atoms with van der Waals surface area (Å²) in [5.41, 5.74) is 6.76. The van der Waals surface area contributed by atoms with Crippen LogP contribution in [0.4, 0.5) is 0 Å². The number of hydrogen-bond acceptors (Lipinski definition) is 8. The quantitative estimate of drug-likeness (QED) is 0.349. The maximum absolute atomic E-state index is 10.9. The summed E-state index contributed by atoms with van der Waals surface area (Å²) < 4.78 is 24.5. The summed E-state index contributed by atoms with van der Waals surface area (Å²) in [5.74, 6) is 3.32. The Kier molecular flexibility index (Phi) is 8.48. The van der Waals surface area contributed by atoms with Crippen LogP contribution in [-0.4, -0.2) is 61.4 Å². The molecule has 45 heavy (non-hydrogen) atoms. The maximum Gasteiger partial charge on any atom is 0.169 e. The molecule has 0 saturated heterocycles. The van der Waals surface area contributed by atoms with Gasteiger partial charge in [0.15, 0.2) is 46.0 Å². The molecule has 4 aromatic rings. The third-order valence-electron chi connectivity index (χ3n) is 9.45. The number of hydrogen-bond donors (Lipinski definition) is 2. The van der Waals surface area contributed by atoms with Gasteiger partial charge in [0.1, 0.15) is 0 Å². The Morgan fingerprint density at radius 2 is 1.04 bits per heavy atom. The molecular formula is C36H38ClN2O6-. The molecule has 0 saturated carbocycles. The van der Waals surface area contributed by atoms with Gasteiger partial charge in [0.25, 0.3) is 0 Å². The smallest absolute Gasteiger partial charge is 0.169 e. The molecule has 0 aliphatic carbocycles. The lowest BCUT2D eigenvalue weighted by molar-refractivity contribution is -0.0000119. The lowest BCUT2D eigenvalue weighted by Crippen LogP contribution is -3.00. The second kappa shape index (κ2) is 12.4. The van der Waals surface area contributed by atoms with Gasteiger partial charge in [-0.1, -0.05) is 12.1 Å². The molecule has 2 atom stereocenters. The SMILES string of the molecule is COc1cc2c3cc1Oc1cc(ccc1O)C[C@H]1c4cc(c(OC)cc4CCN1C)Oc1cc(ccc1O)C[C@@H]3N(C)CC2.[Cl-]. The van der Waals surface area contributed by atoms with E-state index in [4.69, 9.17) is 18.9 Å². The predicted molar refractivity (Wildman–Crippen MR) is 168 cm³/mol. The van der Waals surface area contributed by atoms with Gasteiger partial charge in [-0.2, -0.15) is 0 Å². The van der Waals surface area contributed by atoms with Gasteiger partial charge in [-0.3, -0.25) is 9.80 Å². The Morgan fingerprint density at radius 1 is 0.622 bits per heavy atom. The highest BCUT2D eigenvalue weighted by Crippen LogP contribution is 2.46. The van der Waals surface area contributed by atoms with Crippen LogP contribution in [0.1, 0.15) is 45.5 Å². The molecule has 2 N–H and O–H groups in total. The minimum atomic E-state index is 0. The number of likely N-dealkylation sites (N-methyl/N-ethyl adjacent to an activating group) is 2. The van der Waals surface area contributed by atoms with Gasteiger partial charge < -0.3 is 41.6 Å². The first-order valence-electron chi connectivity index (χ1n) is 15.1. The van der Waals surface area contributed by atoms with Crippen molar-refractivity contribution in [1.82, 2.24) is 9.80 Å². The van der Waals surface area contributed by atoms with Crippen molar-refractivity contribution in [3.8, 4) is 46.0 Å². The molecule has 9 heteroatoms. The number of methoxy groups -OCH3 is 2. The van der Waals surface area contributed by atoms with Crippen LogP contribution in [0, 0.1) is 0 Å². The van der Waals surface area contributed by atoms with Gasteiger partial charge in [0.2, 0.25) is 0 Å². The van der Waals surface area contributed by atoms with E-state index >= 15 is 0 Å². The predicted octanol–water partition coefficient (Wildman–Crippen LogP) is 3.56. The number of fused-ring (bicyclic) bond motifs is 6. The first-order valence-corrected chi connectivity index (χ1v) is 15.1. The number of nitrogens with zero attached hydrogens (tertiary/aromatic N) is 2. The fourth-order valence-electron chi connectivity index (χ4n) is 6.90. The molecule has 3 heterocycles. The maximum atomic E-state index is 10.9. The summed E-state index contributed by atoms with van der Waals surface area (Å²) in [6.45, 7) is 1.79. The van der Waals surface area contributed by atoms with Crippen LogP contribution in [-0.2, 0) is 25.7 Å². The van der Waals surface area contributed by atoms with E-state index in [1.165, 1.54) is 11.1 Å². The van der Waals surface area contributed by atoms with Crippen LogP contribution >= 0.6 is 0 Å². The van der Waals surface area contributed by atoms with E-state index in [2.05, 4.69) is 48.2 Å². The van der Waals surface area contributed by atoms with E-state index in [0.717, 1.165) is 48.2 Å². The largest absolute Gasteiger partial charge is 1.00 e. The average Bonchev–Trinajstić information content (AvgIpc) is 3.02. The summed E-state index contributed by atoms with van der Waals surface area (Å²) in [6.07, 6.45) is 3.16. The summed E-state index contributed by atoms with van der Waals surface area (Å²) in [6, 6.07) is 19.5. The van der Waals surface area contributed by atoms with Crippen molar-refractivity contribution in [3.63, 3.8) is 0 Å². The highest BCUT2D eigenvalue weighted by Gasteiger charge is 2.30. The Balaban J connectivity index is 0.00000357. The second-order valence-electron chi connectivity index (χ2n) is 12.1. The standard InChI is InChI=1S/C36H38N2O6.ClH/c1-37-11-9-23-17-33(41-3)35-19-25(23)27(37)13-21-5-7-29(39)31(15-21)44-36-20-26-24(18-34(36)42-4)10-12-38(2)28(26)14-22-6-8-30(40)32(16-22)43-35;/h5-8,15-20,27-28,39-40H,9-14H2,1-4H3;1H/p-1/t27-,28-;/m0./s1. The van der Waals surface area contributed by atoms with E-state index in [1.807, 2.05) is 24.3 Å². The van der Waals surface area contributed by atoms with Crippen LogP contribution in [0.3, 0.4) is 0 Å². The zero-order chi connectivity index (χ0) is 30.5. The topological polar surface area (TPSA) is 83.9 Å². The molecule has 7 rings (SSSR count). The van der Waals surface area contributed by atoms with Gasteiger partial charge in [-0.25, -0.2) is 0 Å². The lowest BCUT2D eigenvalue weighted by Gasteiger charge is -2.36. The lowest BCUT2D eigenvalue weighted by atomic mass is 9.88. The number of halogens is 1. The first kappa shape index (κ1) is 30.9. The first-order chi connectivity index (χ1) is 21.3. The van der Waals surface area contributed by atoms with E-state index in [1.54, 1.807) is 26.4 Å². The number of ether oxygens (including phenoxy) is 4. The van der Waals surface area contributed by atoms with E-state index in [9.17, 15) is 10.2 Å². The number of aromatic hydroxyl groups is 2. The van der Waals surface area contributed by atoms with Crippen molar-refractivity contribution < 1.29 is 41.6 Å². The Bertz CT molecular complexity index is 1620. The van der Waals surface area contributed by atoms with Crippen LogP contribution in [0.2, 0.25) is 0 Å². The van der Waals surface area contributed by atoms with Gasteiger partial charge in [-0.15, -0.1) is 0 Å². The van der Waals surface area contributed by atoms with Gasteiger partial charge in [0, 0.05) is 25.2 Å². The Labute approximate surface area is 270 Å². The third-order valence-corrected chi connectivity index (χ3v) is 9.45. The van der Waals surface area contributed by atoms with Crippen LogP contribution in [0.5, 0.6) is 46.0 Å². The number of benzene rings is 4. The molecule has 236 valence electrons. The molecule has 0 radical (unpaired) electrons. The fraction of sp³-hybridized carbons (Fsp3) is 0.333. The monoisotopic (exact) mass is 629 g/mol. The summed E-state index contributed by atoms with van der Waals surface area (Å²) >= 11 is 0. The Morgan fingerprint density at radius 3 is 1.44 bits per heavy atom. The number of phenolic OH excluding ortho intramolecular Hbond substituents is 2. The normalized spacial score (nSPS) is 19.2.